The van der Waals surface area contributed by atoms with Crippen LogP contribution in [0.2, 0.25) is 0 Å². The number of hydrogen-bond donors (Lipinski definition) is 0. The number of nitrogens with zero attached hydrogens (tertiary/aromatic N) is 4. The Hall–Kier alpha value is -2.49. The standard InChI is InChI=1S/C16H16N4/c1-3-14-17-10-9-15(19-14)20-11-12(2)18-16(20)13-7-5-4-6-8-13/h4-11H,3H2,1-2H3. The summed E-state index contributed by atoms with van der Waals surface area (Å²) >= 11 is 0. The van der Waals surface area contributed by atoms with E-state index in [1.807, 2.05) is 42.0 Å². The number of imidazole rings is 1. The van der Waals surface area contributed by atoms with Crippen molar-refractivity contribution in [2.75, 3.05) is 0 Å². The van der Waals surface area contributed by atoms with Crippen molar-refractivity contribution in [1.82, 2.24) is 19.5 Å². The minimum absolute atomic E-state index is 0.822. The summed E-state index contributed by atoms with van der Waals surface area (Å²) in [6.07, 6.45) is 4.62. The lowest BCUT2D eigenvalue weighted by Crippen LogP contribution is -2.02. The van der Waals surface area contributed by atoms with E-state index in [-0.39, 0.29) is 0 Å². The Kier molecular flexibility index (Phi) is 3.29. The lowest BCUT2D eigenvalue weighted by Gasteiger charge is -2.07. The summed E-state index contributed by atoms with van der Waals surface area (Å²) < 4.78 is 2.02. The van der Waals surface area contributed by atoms with Gasteiger partial charge in [-0.2, -0.15) is 0 Å². The van der Waals surface area contributed by atoms with Crippen LogP contribution in [0.5, 0.6) is 0 Å². The third-order valence-corrected chi connectivity index (χ3v) is 3.11. The van der Waals surface area contributed by atoms with Gasteiger partial charge >= 0.3 is 0 Å². The van der Waals surface area contributed by atoms with Crippen LogP contribution in [0.3, 0.4) is 0 Å². The first-order valence-electron chi connectivity index (χ1n) is 6.71. The van der Waals surface area contributed by atoms with Crippen LogP contribution in [0.1, 0.15) is 18.4 Å². The minimum atomic E-state index is 0.822. The summed E-state index contributed by atoms with van der Waals surface area (Å²) in [6, 6.07) is 12.1. The Morgan fingerprint density at radius 1 is 1.05 bits per heavy atom. The highest BCUT2D eigenvalue weighted by Crippen LogP contribution is 2.21. The molecule has 0 bridgehead atoms. The number of rotatable bonds is 3. The van der Waals surface area contributed by atoms with E-state index in [0.717, 1.165) is 35.1 Å². The molecular formula is C16H16N4. The number of benzene rings is 1. The second-order valence-electron chi connectivity index (χ2n) is 4.63. The largest absolute Gasteiger partial charge is 0.283 e. The molecule has 0 saturated heterocycles. The van der Waals surface area contributed by atoms with Gasteiger partial charge in [0.05, 0.1) is 5.69 Å². The average molecular weight is 264 g/mol. The fourth-order valence-corrected chi connectivity index (χ4v) is 2.16. The van der Waals surface area contributed by atoms with E-state index in [2.05, 4.69) is 34.0 Å². The molecule has 4 nitrogen and oxygen atoms in total. The fraction of sp³-hybridized carbons (Fsp3) is 0.188. The first-order chi connectivity index (χ1) is 9.78. The number of aromatic nitrogens is 4. The quantitative estimate of drug-likeness (QED) is 0.729. The van der Waals surface area contributed by atoms with Crippen LogP contribution in [0.15, 0.2) is 48.8 Å². The van der Waals surface area contributed by atoms with Crippen molar-refractivity contribution in [2.24, 2.45) is 0 Å². The van der Waals surface area contributed by atoms with E-state index < -0.39 is 0 Å². The molecule has 0 spiro atoms. The zero-order valence-corrected chi connectivity index (χ0v) is 11.6. The molecule has 0 atom stereocenters. The summed E-state index contributed by atoms with van der Waals surface area (Å²) in [5, 5.41) is 0. The molecule has 3 rings (SSSR count). The zero-order chi connectivity index (χ0) is 13.9. The molecule has 0 fully saturated rings. The van der Waals surface area contributed by atoms with Crippen molar-refractivity contribution < 1.29 is 0 Å². The third-order valence-electron chi connectivity index (χ3n) is 3.11. The highest BCUT2D eigenvalue weighted by Gasteiger charge is 2.11. The van der Waals surface area contributed by atoms with Gasteiger partial charge in [0.1, 0.15) is 17.5 Å². The van der Waals surface area contributed by atoms with Gasteiger partial charge in [-0.25, -0.2) is 15.0 Å². The van der Waals surface area contributed by atoms with Crippen molar-refractivity contribution >= 4 is 0 Å². The molecule has 4 heteroatoms. The lowest BCUT2D eigenvalue weighted by atomic mass is 10.2. The van der Waals surface area contributed by atoms with Gasteiger partial charge in [-0.05, 0) is 13.0 Å². The molecule has 2 heterocycles. The van der Waals surface area contributed by atoms with Crippen molar-refractivity contribution in [3.63, 3.8) is 0 Å². The van der Waals surface area contributed by atoms with Crippen LogP contribution in [-0.2, 0) is 6.42 Å². The third kappa shape index (κ3) is 2.32. The van der Waals surface area contributed by atoms with Crippen molar-refractivity contribution in [2.45, 2.75) is 20.3 Å². The highest BCUT2D eigenvalue weighted by atomic mass is 15.1. The van der Waals surface area contributed by atoms with Crippen LogP contribution in [0.25, 0.3) is 17.2 Å². The Balaban J connectivity index is 2.14. The van der Waals surface area contributed by atoms with Crippen LogP contribution in [0.4, 0.5) is 0 Å². The molecule has 20 heavy (non-hydrogen) atoms. The summed E-state index contributed by atoms with van der Waals surface area (Å²) in [5.41, 5.74) is 2.05. The first kappa shape index (κ1) is 12.5. The van der Waals surface area contributed by atoms with Gasteiger partial charge in [-0.1, -0.05) is 37.3 Å². The second kappa shape index (κ2) is 5.25. The molecule has 0 saturated carbocycles. The van der Waals surface area contributed by atoms with Gasteiger partial charge in [0.25, 0.3) is 0 Å². The molecule has 0 amide bonds. The Morgan fingerprint density at radius 2 is 1.85 bits per heavy atom. The zero-order valence-electron chi connectivity index (χ0n) is 11.6. The predicted octanol–water partition coefficient (Wildman–Crippen LogP) is 3.20. The topological polar surface area (TPSA) is 43.6 Å². The van der Waals surface area contributed by atoms with E-state index in [1.165, 1.54) is 0 Å². The Labute approximate surface area is 118 Å². The van der Waals surface area contributed by atoms with Gasteiger partial charge in [-0.15, -0.1) is 0 Å². The maximum Gasteiger partial charge on any atom is 0.145 e. The van der Waals surface area contributed by atoms with Gasteiger partial charge < -0.3 is 0 Å². The molecular weight excluding hydrogens is 248 g/mol. The SMILES string of the molecule is CCc1nccc(-n2cc(C)nc2-c2ccccc2)n1. The molecule has 1 aromatic carbocycles. The van der Waals surface area contributed by atoms with Gasteiger partial charge in [-0.3, -0.25) is 4.57 Å². The monoisotopic (exact) mass is 264 g/mol. The van der Waals surface area contributed by atoms with Gasteiger partial charge in [0.15, 0.2) is 0 Å². The number of aryl methyl sites for hydroxylation is 2. The summed E-state index contributed by atoms with van der Waals surface area (Å²) in [6.45, 7) is 4.04. The summed E-state index contributed by atoms with van der Waals surface area (Å²) in [4.78, 5) is 13.4. The minimum Gasteiger partial charge on any atom is -0.283 e. The molecule has 0 aliphatic carbocycles. The predicted molar refractivity (Wildman–Crippen MR) is 78.7 cm³/mol. The highest BCUT2D eigenvalue weighted by molar-refractivity contribution is 5.58. The number of hydrogen-bond acceptors (Lipinski definition) is 3. The molecule has 0 N–H and O–H groups in total. The molecule has 3 aromatic rings. The molecule has 100 valence electrons. The van der Waals surface area contributed by atoms with Crippen molar-refractivity contribution in [3.05, 3.63) is 60.3 Å². The van der Waals surface area contributed by atoms with Crippen LogP contribution in [0, 0.1) is 6.92 Å². The maximum absolute atomic E-state index is 4.62. The lowest BCUT2D eigenvalue weighted by molar-refractivity contribution is 0.890. The van der Waals surface area contributed by atoms with E-state index in [9.17, 15) is 0 Å². The fourth-order valence-electron chi connectivity index (χ4n) is 2.16. The van der Waals surface area contributed by atoms with Crippen molar-refractivity contribution in [3.8, 4) is 17.2 Å². The Bertz CT molecular complexity index is 716. The Morgan fingerprint density at radius 3 is 2.60 bits per heavy atom. The smallest absolute Gasteiger partial charge is 0.145 e. The normalized spacial score (nSPS) is 10.7. The molecule has 0 aliphatic heterocycles. The maximum atomic E-state index is 4.62. The van der Waals surface area contributed by atoms with Crippen LogP contribution < -0.4 is 0 Å². The van der Waals surface area contributed by atoms with E-state index in [0.29, 0.717) is 0 Å². The van der Waals surface area contributed by atoms with Crippen LogP contribution in [-0.4, -0.2) is 19.5 Å². The first-order valence-corrected chi connectivity index (χ1v) is 6.71. The van der Waals surface area contributed by atoms with Gasteiger partial charge in [0.2, 0.25) is 0 Å². The summed E-state index contributed by atoms with van der Waals surface area (Å²) in [7, 11) is 0. The molecule has 2 aromatic heterocycles. The molecule has 0 radical (unpaired) electrons. The summed E-state index contributed by atoms with van der Waals surface area (Å²) in [5.74, 6) is 2.60. The average Bonchev–Trinajstić information content (AvgIpc) is 2.90. The second-order valence-corrected chi connectivity index (χ2v) is 4.63. The van der Waals surface area contributed by atoms with Crippen molar-refractivity contribution in [1.29, 1.82) is 0 Å². The molecule has 0 aliphatic rings. The van der Waals surface area contributed by atoms with Crippen LogP contribution >= 0.6 is 0 Å². The van der Waals surface area contributed by atoms with Gasteiger partial charge in [0, 0.05) is 24.4 Å². The molecule has 0 unspecified atom stereocenters. The van der Waals surface area contributed by atoms with E-state index >= 15 is 0 Å². The van der Waals surface area contributed by atoms with E-state index in [1.54, 1.807) is 6.20 Å². The van der Waals surface area contributed by atoms with E-state index in [4.69, 9.17) is 0 Å².